The van der Waals surface area contributed by atoms with Gasteiger partial charge in [-0.05, 0) is 25.1 Å². The zero-order chi connectivity index (χ0) is 20.1. The van der Waals surface area contributed by atoms with Crippen molar-refractivity contribution in [3.05, 3.63) is 52.9 Å². The van der Waals surface area contributed by atoms with Crippen molar-refractivity contribution in [2.24, 2.45) is 0 Å². The maximum atomic E-state index is 12.3. The van der Waals surface area contributed by atoms with Gasteiger partial charge in [-0.1, -0.05) is 0 Å². The molecule has 0 unspecified atom stereocenters. The van der Waals surface area contributed by atoms with Crippen molar-refractivity contribution in [1.82, 2.24) is 4.98 Å². The summed E-state index contributed by atoms with van der Waals surface area (Å²) >= 11 is 1.25. The zero-order valence-corrected chi connectivity index (χ0v) is 16.4. The van der Waals surface area contributed by atoms with Crippen molar-refractivity contribution in [2.75, 3.05) is 24.9 Å². The molecule has 0 spiro atoms. The number of methoxy groups -OCH3 is 2. The van der Waals surface area contributed by atoms with E-state index in [1.807, 2.05) is 0 Å². The molecule has 3 aromatic rings. The molecule has 0 atom stereocenters. The van der Waals surface area contributed by atoms with Gasteiger partial charge in [0.2, 0.25) is 5.91 Å². The molecule has 0 saturated carbocycles. The number of hydrogen-bond donors (Lipinski definition) is 2. The summed E-state index contributed by atoms with van der Waals surface area (Å²) in [5, 5.41) is 7.63. The molecular weight excluding hydrogens is 382 g/mol. The number of amides is 2. The van der Waals surface area contributed by atoms with Gasteiger partial charge < -0.3 is 19.2 Å². The monoisotopic (exact) mass is 401 g/mol. The summed E-state index contributed by atoms with van der Waals surface area (Å²) in [5.41, 5.74) is 1.53. The molecule has 0 radical (unpaired) electrons. The van der Waals surface area contributed by atoms with Crippen molar-refractivity contribution in [2.45, 2.75) is 13.3 Å². The molecule has 2 heterocycles. The zero-order valence-electron chi connectivity index (χ0n) is 15.6. The SMILES string of the molecule is COc1ccc(NC(=O)Cc2csc(NC(=O)c3ccoc3C)n2)c(OC)c1. The number of aryl methyl sites for hydroxylation is 1. The van der Waals surface area contributed by atoms with E-state index in [1.54, 1.807) is 43.7 Å². The summed E-state index contributed by atoms with van der Waals surface area (Å²) in [7, 11) is 3.07. The molecule has 2 N–H and O–H groups in total. The summed E-state index contributed by atoms with van der Waals surface area (Å²) in [6.45, 7) is 1.71. The van der Waals surface area contributed by atoms with Crippen LogP contribution in [-0.4, -0.2) is 31.0 Å². The van der Waals surface area contributed by atoms with E-state index in [0.29, 0.717) is 39.3 Å². The lowest BCUT2D eigenvalue weighted by Crippen LogP contribution is -2.15. The standard InChI is InChI=1S/C19H19N3O5S/c1-11-14(6-7-27-11)18(24)22-19-20-12(10-28-19)8-17(23)21-15-5-4-13(25-2)9-16(15)26-3/h4-7,9-10H,8H2,1-3H3,(H,21,23)(H,20,22,24). The third-order valence-corrected chi connectivity index (χ3v) is 4.71. The lowest BCUT2D eigenvalue weighted by atomic mass is 10.2. The smallest absolute Gasteiger partial charge is 0.260 e. The average Bonchev–Trinajstić information content (AvgIpc) is 3.30. The maximum Gasteiger partial charge on any atom is 0.260 e. The molecule has 9 heteroatoms. The molecule has 0 aliphatic carbocycles. The second kappa shape index (κ2) is 8.57. The van der Waals surface area contributed by atoms with Crippen LogP contribution in [0.5, 0.6) is 11.5 Å². The van der Waals surface area contributed by atoms with Gasteiger partial charge in [0.25, 0.3) is 5.91 Å². The highest BCUT2D eigenvalue weighted by Crippen LogP contribution is 2.29. The van der Waals surface area contributed by atoms with Gasteiger partial charge in [0.05, 0.1) is 43.8 Å². The van der Waals surface area contributed by atoms with Crippen LogP contribution in [0.1, 0.15) is 21.8 Å². The first-order chi connectivity index (χ1) is 13.5. The quantitative estimate of drug-likeness (QED) is 0.628. The molecule has 2 amide bonds. The Kier molecular flexibility index (Phi) is 5.95. The first-order valence-corrected chi connectivity index (χ1v) is 9.20. The molecule has 0 bridgehead atoms. The molecule has 0 saturated heterocycles. The van der Waals surface area contributed by atoms with Gasteiger partial charge in [0.15, 0.2) is 5.13 Å². The van der Waals surface area contributed by atoms with Crippen LogP contribution >= 0.6 is 11.3 Å². The molecule has 0 fully saturated rings. The van der Waals surface area contributed by atoms with Crippen LogP contribution in [0.15, 0.2) is 40.3 Å². The molecule has 3 rings (SSSR count). The van der Waals surface area contributed by atoms with E-state index >= 15 is 0 Å². The summed E-state index contributed by atoms with van der Waals surface area (Å²) < 4.78 is 15.5. The van der Waals surface area contributed by atoms with Gasteiger partial charge in [-0.2, -0.15) is 0 Å². The van der Waals surface area contributed by atoms with Gasteiger partial charge in [0, 0.05) is 11.4 Å². The van der Waals surface area contributed by atoms with Crippen LogP contribution in [0.25, 0.3) is 0 Å². The van der Waals surface area contributed by atoms with E-state index in [-0.39, 0.29) is 18.2 Å². The Morgan fingerprint density at radius 3 is 2.68 bits per heavy atom. The van der Waals surface area contributed by atoms with E-state index < -0.39 is 0 Å². The predicted octanol–water partition coefficient (Wildman–Crippen LogP) is 3.50. The van der Waals surface area contributed by atoms with E-state index in [1.165, 1.54) is 24.7 Å². The van der Waals surface area contributed by atoms with Crippen LogP contribution in [0.2, 0.25) is 0 Å². The molecule has 146 valence electrons. The fourth-order valence-corrected chi connectivity index (χ4v) is 3.20. The minimum absolute atomic E-state index is 0.0618. The highest BCUT2D eigenvalue weighted by Gasteiger charge is 2.15. The van der Waals surface area contributed by atoms with E-state index in [0.717, 1.165) is 0 Å². The van der Waals surface area contributed by atoms with Crippen LogP contribution in [0.3, 0.4) is 0 Å². The molecule has 0 aliphatic rings. The minimum atomic E-state index is -0.306. The number of nitrogens with zero attached hydrogens (tertiary/aromatic N) is 1. The van der Waals surface area contributed by atoms with Gasteiger partial charge in [-0.3, -0.25) is 14.9 Å². The van der Waals surface area contributed by atoms with Crippen molar-refractivity contribution in [3.8, 4) is 11.5 Å². The molecule has 1 aromatic carbocycles. The Morgan fingerprint density at radius 1 is 1.18 bits per heavy atom. The lowest BCUT2D eigenvalue weighted by molar-refractivity contribution is -0.115. The van der Waals surface area contributed by atoms with Gasteiger partial charge in [0.1, 0.15) is 17.3 Å². The van der Waals surface area contributed by atoms with Crippen molar-refractivity contribution in [1.29, 1.82) is 0 Å². The summed E-state index contributed by atoms with van der Waals surface area (Å²) in [6, 6.07) is 6.71. The molecular formula is C19H19N3O5S. The first-order valence-electron chi connectivity index (χ1n) is 8.32. The molecule has 2 aromatic heterocycles. The third kappa shape index (κ3) is 4.49. The van der Waals surface area contributed by atoms with E-state index in [9.17, 15) is 9.59 Å². The second-order valence-electron chi connectivity index (χ2n) is 5.78. The topological polar surface area (TPSA) is 103 Å². The summed E-state index contributed by atoms with van der Waals surface area (Å²) in [5.74, 6) is 1.09. The number of hydrogen-bond acceptors (Lipinski definition) is 7. The Bertz CT molecular complexity index is 995. The predicted molar refractivity (Wildman–Crippen MR) is 105 cm³/mol. The van der Waals surface area contributed by atoms with E-state index in [4.69, 9.17) is 13.9 Å². The Labute approximate surface area is 165 Å². The number of carbonyl (C=O) groups excluding carboxylic acids is 2. The highest BCUT2D eigenvalue weighted by molar-refractivity contribution is 7.14. The highest BCUT2D eigenvalue weighted by atomic mass is 32.1. The number of aromatic nitrogens is 1. The van der Waals surface area contributed by atoms with Gasteiger partial charge >= 0.3 is 0 Å². The average molecular weight is 401 g/mol. The molecule has 0 aliphatic heterocycles. The van der Waals surface area contributed by atoms with Gasteiger partial charge in [-0.15, -0.1) is 11.3 Å². The summed E-state index contributed by atoms with van der Waals surface area (Å²) in [6.07, 6.45) is 1.52. The number of thiazole rings is 1. The lowest BCUT2D eigenvalue weighted by Gasteiger charge is -2.11. The summed E-state index contributed by atoms with van der Waals surface area (Å²) in [4.78, 5) is 28.8. The minimum Gasteiger partial charge on any atom is -0.497 e. The first kappa shape index (κ1) is 19.4. The number of ether oxygens (including phenoxy) is 2. The number of rotatable bonds is 7. The van der Waals surface area contributed by atoms with Crippen molar-refractivity contribution < 1.29 is 23.5 Å². The number of nitrogens with one attached hydrogen (secondary N) is 2. The third-order valence-electron chi connectivity index (χ3n) is 3.90. The van der Waals surface area contributed by atoms with Crippen LogP contribution in [0.4, 0.5) is 10.8 Å². The van der Waals surface area contributed by atoms with Gasteiger partial charge in [-0.25, -0.2) is 4.98 Å². The van der Waals surface area contributed by atoms with Crippen LogP contribution in [0, 0.1) is 6.92 Å². The Balaban J connectivity index is 1.61. The van der Waals surface area contributed by atoms with E-state index in [2.05, 4.69) is 15.6 Å². The molecule has 28 heavy (non-hydrogen) atoms. The van der Waals surface area contributed by atoms with Crippen molar-refractivity contribution in [3.63, 3.8) is 0 Å². The Hall–Kier alpha value is -3.33. The molecule has 8 nitrogen and oxygen atoms in total. The number of anilines is 2. The maximum absolute atomic E-state index is 12.3. The normalized spacial score (nSPS) is 10.4. The fraction of sp³-hybridized carbons (Fsp3) is 0.211. The Morgan fingerprint density at radius 2 is 2.00 bits per heavy atom. The van der Waals surface area contributed by atoms with Crippen molar-refractivity contribution >= 4 is 34.0 Å². The number of carbonyl (C=O) groups is 2. The fourth-order valence-electron chi connectivity index (χ4n) is 2.49. The second-order valence-corrected chi connectivity index (χ2v) is 6.64. The number of furan rings is 1. The van der Waals surface area contributed by atoms with Crippen LogP contribution in [-0.2, 0) is 11.2 Å². The largest absolute Gasteiger partial charge is 0.497 e. The van der Waals surface area contributed by atoms with Crippen LogP contribution < -0.4 is 20.1 Å². The number of benzene rings is 1.